The van der Waals surface area contributed by atoms with Crippen molar-refractivity contribution in [1.29, 1.82) is 0 Å². The molecule has 0 saturated heterocycles. The molecule has 0 bridgehead atoms. The van der Waals surface area contributed by atoms with E-state index < -0.39 is 0 Å². The van der Waals surface area contributed by atoms with Gasteiger partial charge >= 0.3 is 5.97 Å². The molecule has 1 aromatic carbocycles. The van der Waals surface area contributed by atoms with Crippen LogP contribution in [0.15, 0.2) is 29.6 Å². The van der Waals surface area contributed by atoms with Crippen LogP contribution >= 0.6 is 11.3 Å². The highest BCUT2D eigenvalue weighted by Gasteiger charge is 2.07. The number of thiazole rings is 1. The number of benzene rings is 1. The molecular weight excluding hydrogens is 258 g/mol. The van der Waals surface area contributed by atoms with Crippen molar-refractivity contribution in [2.45, 2.75) is 26.7 Å². The molecule has 4 heteroatoms. The van der Waals surface area contributed by atoms with Crippen LogP contribution in [0.5, 0.6) is 0 Å². The molecule has 2 aromatic rings. The predicted octanol–water partition coefficient (Wildman–Crippen LogP) is 3.61. The van der Waals surface area contributed by atoms with Crippen molar-refractivity contribution < 1.29 is 9.53 Å². The number of carbonyl (C=O) groups excluding carboxylic acids is 1. The van der Waals surface area contributed by atoms with Gasteiger partial charge in [-0.05, 0) is 13.8 Å². The van der Waals surface area contributed by atoms with Gasteiger partial charge in [-0.3, -0.25) is 4.79 Å². The van der Waals surface area contributed by atoms with Crippen LogP contribution in [0.2, 0.25) is 0 Å². The van der Waals surface area contributed by atoms with Crippen LogP contribution in [0.4, 0.5) is 0 Å². The quantitative estimate of drug-likeness (QED) is 0.782. The van der Waals surface area contributed by atoms with Crippen molar-refractivity contribution in [3.05, 3.63) is 40.9 Å². The second-order valence-electron chi connectivity index (χ2n) is 4.32. The van der Waals surface area contributed by atoms with E-state index in [0.29, 0.717) is 19.4 Å². The van der Waals surface area contributed by atoms with Gasteiger partial charge in [0.15, 0.2) is 0 Å². The number of hydrogen-bond donors (Lipinski definition) is 0. The zero-order chi connectivity index (χ0) is 13.7. The van der Waals surface area contributed by atoms with Crippen molar-refractivity contribution in [1.82, 2.24) is 4.98 Å². The summed E-state index contributed by atoms with van der Waals surface area (Å²) in [5.41, 5.74) is 3.31. The van der Waals surface area contributed by atoms with Crippen molar-refractivity contribution in [3.8, 4) is 10.6 Å². The smallest absolute Gasteiger partial charge is 0.306 e. The van der Waals surface area contributed by atoms with Crippen molar-refractivity contribution in [2.75, 3.05) is 6.61 Å². The lowest BCUT2D eigenvalue weighted by Gasteiger charge is -1.99. The van der Waals surface area contributed by atoms with Crippen LogP contribution in [0, 0.1) is 6.92 Å². The van der Waals surface area contributed by atoms with Crippen LogP contribution < -0.4 is 0 Å². The predicted molar refractivity (Wildman–Crippen MR) is 77.2 cm³/mol. The molecular formula is C15H17NO2S. The van der Waals surface area contributed by atoms with Crippen LogP contribution in [0.25, 0.3) is 10.6 Å². The average molecular weight is 275 g/mol. The van der Waals surface area contributed by atoms with Crippen molar-refractivity contribution in [2.24, 2.45) is 0 Å². The molecule has 0 saturated carbocycles. The maximum atomic E-state index is 11.3. The Kier molecular flexibility index (Phi) is 4.68. The summed E-state index contributed by atoms with van der Waals surface area (Å²) < 4.78 is 4.90. The average Bonchev–Trinajstić information content (AvgIpc) is 2.86. The highest BCUT2D eigenvalue weighted by atomic mass is 32.1. The Bertz CT molecular complexity index is 546. The highest BCUT2D eigenvalue weighted by molar-refractivity contribution is 7.13. The van der Waals surface area contributed by atoms with Crippen LogP contribution in [-0.2, 0) is 16.0 Å². The Labute approximate surface area is 117 Å². The molecule has 2 rings (SSSR count). The van der Waals surface area contributed by atoms with Gasteiger partial charge < -0.3 is 4.74 Å². The first kappa shape index (κ1) is 13.7. The van der Waals surface area contributed by atoms with Gasteiger partial charge in [-0.1, -0.05) is 29.8 Å². The SMILES string of the molecule is CCOC(=O)CCc1csc(-c2ccc(C)cc2)n1. The molecule has 100 valence electrons. The number of rotatable bonds is 5. The van der Waals surface area contributed by atoms with Crippen LogP contribution in [0.3, 0.4) is 0 Å². The van der Waals surface area contributed by atoms with Gasteiger partial charge in [-0.25, -0.2) is 4.98 Å². The third kappa shape index (κ3) is 3.89. The number of aryl methyl sites for hydroxylation is 2. The Morgan fingerprint density at radius 1 is 1.32 bits per heavy atom. The maximum absolute atomic E-state index is 11.3. The van der Waals surface area contributed by atoms with Crippen molar-refractivity contribution in [3.63, 3.8) is 0 Å². The molecule has 0 spiro atoms. The third-order valence-electron chi connectivity index (χ3n) is 2.74. The second-order valence-corrected chi connectivity index (χ2v) is 5.17. The van der Waals surface area contributed by atoms with Gasteiger partial charge in [0.25, 0.3) is 0 Å². The summed E-state index contributed by atoms with van der Waals surface area (Å²) in [5.74, 6) is -0.160. The minimum Gasteiger partial charge on any atom is -0.466 e. The molecule has 0 aliphatic carbocycles. The third-order valence-corrected chi connectivity index (χ3v) is 3.68. The van der Waals surface area contributed by atoms with Crippen molar-refractivity contribution >= 4 is 17.3 Å². The Hall–Kier alpha value is -1.68. The zero-order valence-corrected chi connectivity index (χ0v) is 12.0. The molecule has 0 N–H and O–H groups in total. The van der Waals surface area contributed by atoms with E-state index in [1.54, 1.807) is 11.3 Å². The summed E-state index contributed by atoms with van der Waals surface area (Å²) in [7, 11) is 0. The summed E-state index contributed by atoms with van der Waals surface area (Å²) >= 11 is 1.61. The fraction of sp³-hybridized carbons (Fsp3) is 0.333. The van der Waals surface area contributed by atoms with Gasteiger partial charge in [0.05, 0.1) is 18.7 Å². The number of aromatic nitrogens is 1. The Morgan fingerprint density at radius 3 is 2.74 bits per heavy atom. The maximum Gasteiger partial charge on any atom is 0.306 e. The zero-order valence-electron chi connectivity index (χ0n) is 11.2. The van der Waals surface area contributed by atoms with Crippen LogP contribution in [-0.4, -0.2) is 17.6 Å². The number of esters is 1. The van der Waals surface area contributed by atoms with E-state index in [0.717, 1.165) is 16.3 Å². The Morgan fingerprint density at radius 2 is 2.05 bits per heavy atom. The first-order chi connectivity index (χ1) is 9.19. The fourth-order valence-electron chi connectivity index (χ4n) is 1.71. The summed E-state index contributed by atoms with van der Waals surface area (Å²) in [5, 5.41) is 3.01. The number of carbonyl (C=O) groups is 1. The summed E-state index contributed by atoms with van der Waals surface area (Å²) in [6.45, 7) is 4.32. The second kappa shape index (κ2) is 6.48. The molecule has 1 aromatic heterocycles. The van der Waals surface area contributed by atoms with Gasteiger partial charge in [0.1, 0.15) is 5.01 Å². The monoisotopic (exact) mass is 275 g/mol. The summed E-state index contributed by atoms with van der Waals surface area (Å²) in [6.07, 6.45) is 1.03. The van der Waals surface area contributed by atoms with E-state index in [9.17, 15) is 4.79 Å². The van der Waals surface area contributed by atoms with E-state index in [-0.39, 0.29) is 5.97 Å². The topological polar surface area (TPSA) is 39.2 Å². The molecule has 19 heavy (non-hydrogen) atoms. The molecule has 1 heterocycles. The lowest BCUT2D eigenvalue weighted by atomic mass is 10.2. The van der Waals surface area contributed by atoms with Gasteiger partial charge in [0.2, 0.25) is 0 Å². The van der Waals surface area contributed by atoms with Gasteiger partial charge in [-0.2, -0.15) is 0 Å². The van der Waals surface area contributed by atoms with E-state index in [1.165, 1.54) is 5.56 Å². The van der Waals surface area contributed by atoms with Crippen LogP contribution in [0.1, 0.15) is 24.6 Å². The van der Waals surface area contributed by atoms with E-state index in [4.69, 9.17) is 4.74 Å². The molecule has 0 aliphatic heterocycles. The molecule has 3 nitrogen and oxygen atoms in total. The lowest BCUT2D eigenvalue weighted by Crippen LogP contribution is -2.05. The summed E-state index contributed by atoms with van der Waals surface area (Å²) in [6, 6.07) is 8.30. The molecule has 0 fully saturated rings. The number of hydrogen-bond acceptors (Lipinski definition) is 4. The molecule has 0 radical (unpaired) electrons. The minimum absolute atomic E-state index is 0.160. The highest BCUT2D eigenvalue weighted by Crippen LogP contribution is 2.24. The minimum atomic E-state index is -0.160. The summed E-state index contributed by atoms with van der Waals surface area (Å²) in [4.78, 5) is 15.8. The van der Waals surface area contributed by atoms with Gasteiger partial charge in [0, 0.05) is 17.4 Å². The molecule has 0 atom stereocenters. The standard InChI is InChI=1S/C15H17NO2S/c1-3-18-14(17)9-8-13-10-19-15(16-13)12-6-4-11(2)5-7-12/h4-7,10H,3,8-9H2,1-2H3. The number of nitrogens with zero attached hydrogens (tertiary/aromatic N) is 1. The molecule has 0 amide bonds. The Balaban J connectivity index is 1.99. The van der Waals surface area contributed by atoms with Gasteiger partial charge in [-0.15, -0.1) is 11.3 Å². The lowest BCUT2D eigenvalue weighted by molar-refractivity contribution is -0.143. The first-order valence-electron chi connectivity index (χ1n) is 6.36. The van der Waals surface area contributed by atoms with E-state index >= 15 is 0 Å². The molecule has 0 unspecified atom stereocenters. The number of ether oxygens (including phenoxy) is 1. The van der Waals surface area contributed by atoms with E-state index in [2.05, 4.69) is 36.2 Å². The largest absolute Gasteiger partial charge is 0.466 e. The fourth-order valence-corrected chi connectivity index (χ4v) is 2.57. The first-order valence-corrected chi connectivity index (χ1v) is 7.24. The molecule has 0 aliphatic rings. The normalized spacial score (nSPS) is 10.4. The van der Waals surface area contributed by atoms with E-state index in [1.807, 2.05) is 12.3 Å².